The third-order valence-corrected chi connectivity index (χ3v) is 5.74. The highest BCUT2D eigenvalue weighted by Gasteiger charge is 2.15. The van der Waals surface area contributed by atoms with Crippen molar-refractivity contribution >= 4 is 33.9 Å². The minimum atomic E-state index is -0.441. The zero-order valence-electron chi connectivity index (χ0n) is 19.6. The van der Waals surface area contributed by atoms with Crippen LogP contribution in [-0.2, 0) is 32.0 Å². The van der Waals surface area contributed by atoms with Gasteiger partial charge in [0.25, 0.3) is 5.56 Å². The molecule has 0 atom stereocenters. The minimum Gasteiger partial charge on any atom is -0.408 e. The largest absolute Gasteiger partial charge is 0.419 e. The molecule has 0 saturated heterocycles. The number of carbonyl (C=O) groups excluding carboxylic acids is 1. The van der Waals surface area contributed by atoms with Crippen molar-refractivity contribution in [1.82, 2.24) is 28.2 Å². The summed E-state index contributed by atoms with van der Waals surface area (Å²) >= 11 is 0. The summed E-state index contributed by atoms with van der Waals surface area (Å²) < 4.78 is 10.9. The molecule has 0 aliphatic rings. The molecule has 3 aromatic heterocycles. The Labute approximate surface area is 193 Å². The second kappa shape index (κ2) is 9.14. The first kappa shape index (κ1) is 23.2. The minimum absolute atomic E-state index is 0.199. The van der Waals surface area contributed by atoms with Crippen molar-refractivity contribution in [3.05, 3.63) is 55.9 Å². The molecule has 0 radical (unpaired) electrons. The molecule has 0 aliphatic heterocycles. The van der Waals surface area contributed by atoms with Gasteiger partial charge in [0.2, 0.25) is 5.91 Å². The van der Waals surface area contributed by atoms with Crippen LogP contribution in [0.25, 0.3) is 22.3 Å². The summed E-state index contributed by atoms with van der Waals surface area (Å²) in [5.41, 5.74) is 1.42. The summed E-state index contributed by atoms with van der Waals surface area (Å²) in [6.07, 6.45) is 2.18. The topological polar surface area (TPSA) is 129 Å². The highest BCUT2D eigenvalue weighted by molar-refractivity contribution is 5.92. The van der Waals surface area contributed by atoms with Gasteiger partial charge in [-0.1, -0.05) is 0 Å². The maximum absolute atomic E-state index is 12.5. The van der Waals surface area contributed by atoms with E-state index >= 15 is 0 Å². The van der Waals surface area contributed by atoms with Gasteiger partial charge in [0.1, 0.15) is 0 Å². The van der Waals surface area contributed by atoms with Crippen LogP contribution in [0.3, 0.4) is 0 Å². The Morgan fingerprint density at radius 3 is 2.62 bits per heavy atom. The fourth-order valence-electron chi connectivity index (χ4n) is 3.85. The van der Waals surface area contributed by atoms with Crippen molar-refractivity contribution < 1.29 is 9.21 Å². The lowest BCUT2D eigenvalue weighted by Crippen LogP contribution is -2.37. The van der Waals surface area contributed by atoms with E-state index in [1.165, 1.54) is 17.9 Å². The maximum atomic E-state index is 12.5. The zero-order valence-corrected chi connectivity index (χ0v) is 19.6. The zero-order chi connectivity index (χ0) is 24.6. The first-order chi connectivity index (χ1) is 16.2. The van der Waals surface area contributed by atoms with E-state index in [2.05, 4.69) is 10.3 Å². The molecule has 0 spiro atoms. The summed E-state index contributed by atoms with van der Waals surface area (Å²) in [6.45, 7) is 1.54. The van der Waals surface area contributed by atoms with Gasteiger partial charge in [0, 0.05) is 45.8 Å². The number of fused-ring (bicyclic) bond motifs is 2. The molecular formula is C22H27N7O5. The number of nitrogens with one attached hydrogen (secondary N) is 1. The summed E-state index contributed by atoms with van der Waals surface area (Å²) in [5, 5.41) is 2.85. The second-order valence-corrected chi connectivity index (χ2v) is 8.47. The average Bonchev–Trinajstić information content (AvgIpc) is 3.35. The smallest absolute Gasteiger partial charge is 0.408 e. The molecule has 4 aromatic rings. The van der Waals surface area contributed by atoms with E-state index in [9.17, 15) is 19.2 Å². The number of aryl methyl sites for hydroxylation is 2. The number of rotatable bonds is 8. The van der Waals surface area contributed by atoms with Crippen LogP contribution in [-0.4, -0.2) is 54.7 Å². The Morgan fingerprint density at radius 1 is 1.12 bits per heavy atom. The Hall–Kier alpha value is -3.93. The molecule has 4 rings (SSSR count). The molecule has 1 N–H and O–H groups in total. The van der Waals surface area contributed by atoms with Crippen LogP contribution in [0.4, 0.5) is 5.69 Å². The lowest BCUT2D eigenvalue weighted by atomic mass is 10.2. The van der Waals surface area contributed by atoms with E-state index in [0.717, 1.165) is 4.57 Å². The number of anilines is 1. The van der Waals surface area contributed by atoms with Gasteiger partial charge in [0.15, 0.2) is 16.7 Å². The third kappa shape index (κ3) is 4.31. The number of likely N-dealkylation sites (N-methyl/N-ethyl adjacent to an activating group) is 1. The van der Waals surface area contributed by atoms with Crippen LogP contribution in [0.1, 0.15) is 12.8 Å². The molecule has 12 heteroatoms. The second-order valence-electron chi connectivity index (χ2n) is 8.47. The molecule has 12 nitrogen and oxygen atoms in total. The van der Waals surface area contributed by atoms with Gasteiger partial charge in [-0.15, -0.1) is 0 Å². The van der Waals surface area contributed by atoms with Gasteiger partial charge in [-0.3, -0.25) is 23.3 Å². The predicted molar refractivity (Wildman–Crippen MR) is 127 cm³/mol. The Bertz CT molecular complexity index is 1550. The number of oxazole rings is 1. The molecule has 3 heterocycles. The number of hydrogen-bond donors (Lipinski definition) is 1. The van der Waals surface area contributed by atoms with Crippen molar-refractivity contribution in [3.8, 4) is 0 Å². The van der Waals surface area contributed by atoms with E-state index in [4.69, 9.17) is 4.42 Å². The maximum Gasteiger partial charge on any atom is 0.419 e. The van der Waals surface area contributed by atoms with Crippen molar-refractivity contribution in [2.75, 3.05) is 26.0 Å². The van der Waals surface area contributed by atoms with E-state index in [0.29, 0.717) is 54.0 Å². The van der Waals surface area contributed by atoms with E-state index in [-0.39, 0.29) is 12.3 Å². The number of carbonyl (C=O) groups is 1. The molecule has 34 heavy (non-hydrogen) atoms. The molecule has 0 aliphatic carbocycles. The predicted octanol–water partition coefficient (Wildman–Crippen LogP) is 0.322. The van der Waals surface area contributed by atoms with Crippen LogP contribution in [0.5, 0.6) is 0 Å². The molecule has 0 unspecified atom stereocenters. The third-order valence-electron chi connectivity index (χ3n) is 5.74. The number of amides is 1. The Balaban J connectivity index is 1.44. The molecule has 0 fully saturated rings. The SMILES string of the molecule is CN(C)CCn1c(=O)oc2ccc(NC(=O)CCCn3cnc4c3c(=O)n(C)c(=O)n4C)cc21. The van der Waals surface area contributed by atoms with Crippen LogP contribution < -0.4 is 22.3 Å². The molecular weight excluding hydrogens is 442 g/mol. The standard InChI is InChI=1S/C22H27N7O5/c1-25(2)10-11-29-15-12-14(7-8-16(15)34-22(29)33)24-17(30)6-5-9-28-13-23-19-18(28)20(31)27(4)21(32)26(19)3/h7-8,12-13H,5-6,9-11H2,1-4H3,(H,24,30). The van der Waals surface area contributed by atoms with Gasteiger partial charge in [0.05, 0.1) is 11.8 Å². The number of hydrogen-bond acceptors (Lipinski definition) is 7. The molecule has 0 saturated carbocycles. The van der Waals surface area contributed by atoms with Crippen LogP contribution in [0, 0.1) is 0 Å². The van der Waals surface area contributed by atoms with Crippen molar-refractivity contribution in [3.63, 3.8) is 0 Å². The normalized spacial score (nSPS) is 11.7. The lowest BCUT2D eigenvalue weighted by molar-refractivity contribution is -0.116. The van der Waals surface area contributed by atoms with Crippen LogP contribution in [0.2, 0.25) is 0 Å². The summed E-state index contributed by atoms with van der Waals surface area (Å²) in [5.74, 6) is -0.633. The quantitative estimate of drug-likeness (QED) is 0.393. The highest BCUT2D eigenvalue weighted by Crippen LogP contribution is 2.19. The number of benzene rings is 1. The van der Waals surface area contributed by atoms with E-state index in [1.54, 1.807) is 34.4 Å². The molecule has 1 amide bonds. The summed E-state index contributed by atoms with van der Waals surface area (Å²) in [6, 6.07) is 5.07. The summed E-state index contributed by atoms with van der Waals surface area (Å²) in [7, 11) is 6.83. The van der Waals surface area contributed by atoms with E-state index < -0.39 is 17.0 Å². The fourth-order valence-corrected chi connectivity index (χ4v) is 3.85. The first-order valence-corrected chi connectivity index (χ1v) is 10.9. The summed E-state index contributed by atoms with van der Waals surface area (Å²) in [4.78, 5) is 55.4. The number of aromatic nitrogens is 5. The number of nitrogens with zero attached hydrogens (tertiary/aromatic N) is 6. The Morgan fingerprint density at radius 2 is 1.88 bits per heavy atom. The number of imidazole rings is 1. The van der Waals surface area contributed by atoms with Gasteiger partial charge in [-0.25, -0.2) is 14.6 Å². The fraction of sp³-hybridized carbons (Fsp3) is 0.409. The lowest BCUT2D eigenvalue weighted by Gasteiger charge is -2.10. The Kier molecular flexibility index (Phi) is 6.24. The van der Waals surface area contributed by atoms with Gasteiger partial charge >= 0.3 is 11.4 Å². The molecule has 180 valence electrons. The van der Waals surface area contributed by atoms with Crippen molar-refractivity contribution in [2.24, 2.45) is 14.1 Å². The van der Waals surface area contributed by atoms with Crippen molar-refractivity contribution in [1.29, 1.82) is 0 Å². The van der Waals surface area contributed by atoms with Crippen LogP contribution >= 0.6 is 0 Å². The van der Waals surface area contributed by atoms with Gasteiger partial charge in [-0.2, -0.15) is 0 Å². The van der Waals surface area contributed by atoms with E-state index in [1.807, 2.05) is 19.0 Å². The monoisotopic (exact) mass is 469 g/mol. The van der Waals surface area contributed by atoms with Crippen molar-refractivity contribution in [2.45, 2.75) is 25.9 Å². The highest BCUT2D eigenvalue weighted by atomic mass is 16.4. The van der Waals surface area contributed by atoms with Gasteiger partial charge in [-0.05, 0) is 38.7 Å². The van der Waals surface area contributed by atoms with Crippen LogP contribution in [0.15, 0.2) is 43.3 Å². The average molecular weight is 470 g/mol. The van der Waals surface area contributed by atoms with Gasteiger partial charge < -0.3 is 19.2 Å². The molecule has 0 bridgehead atoms. The first-order valence-electron chi connectivity index (χ1n) is 10.9. The molecule has 1 aromatic carbocycles.